The van der Waals surface area contributed by atoms with E-state index in [-0.39, 0.29) is 5.92 Å². The van der Waals surface area contributed by atoms with Crippen molar-refractivity contribution in [2.45, 2.75) is 78.7 Å². The molecule has 39 heavy (non-hydrogen) atoms. The maximum Gasteiger partial charge on any atom is 0.339 e. The molecule has 2 fully saturated rings. The molecule has 2 N–H and O–H groups in total. The van der Waals surface area contributed by atoms with Crippen molar-refractivity contribution in [3.05, 3.63) is 53.6 Å². The molecule has 1 amide bonds. The number of carboxylic acids is 1. The average Bonchev–Trinajstić information content (AvgIpc) is 3.51. The summed E-state index contributed by atoms with van der Waals surface area (Å²) in [4.78, 5) is 38.5. The van der Waals surface area contributed by atoms with E-state index in [4.69, 9.17) is 14.2 Å². The van der Waals surface area contributed by atoms with E-state index < -0.39 is 46.6 Å². The van der Waals surface area contributed by atoms with Crippen LogP contribution in [0.1, 0.15) is 58.6 Å². The molecular weight excluding hydrogens is 498 g/mol. The molecule has 0 bridgehead atoms. The molecule has 4 atom stereocenters. The Morgan fingerprint density at radius 2 is 1.90 bits per heavy atom. The van der Waals surface area contributed by atoms with Gasteiger partial charge in [-0.3, -0.25) is 4.79 Å². The number of carboxylic acid groups (broad SMARTS) is 1. The molecule has 2 aliphatic rings. The minimum absolute atomic E-state index is 0.156. The molecule has 2 aromatic rings. The molecule has 1 aliphatic heterocycles. The summed E-state index contributed by atoms with van der Waals surface area (Å²) in [5.41, 5.74) is 2.55. The van der Waals surface area contributed by atoms with Crippen LogP contribution in [0, 0.1) is 23.7 Å². The zero-order valence-electron chi connectivity index (χ0n) is 23.8. The minimum atomic E-state index is -1.17. The SMILES string of the molecule is COc1cccc(-c2ccc(CC[C@@H]3CC3(C(=O)N[C@H](C(=O)O)C(C)(C)C)[C@@H]3OC(C)(C)OC3=O)cc2C)c1. The number of carbonyl (C=O) groups excluding carboxylic acids is 2. The standard InChI is InChI=1S/C31H39NO7/c1-18-15-19(12-14-23(18)20-9-8-10-22(16-20)37-7)11-13-21-17-31(21,25-27(35)39-30(5,6)38-25)28(36)32-24(26(33)34)29(2,3)4/h8-10,12,14-16,21,24-25H,11,13,17H2,1-7H3,(H,32,36)(H,33,34)/t21-,24-,25-,31?/m1/s1. The van der Waals surface area contributed by atoms with Crippen LogP contribution in [0.5, 0.6) is 5.75 Å². The number of aryl methyl sites for hydroxylation is 2. The van der Waals surface area contributed by atoms with Crippen LogP contribution in [-0.2, 0) is 30.3 Å². The summed E-state index contributed by atoms with van der Waals surface area (Å²) in [5, 5.41) is 12.5. The second-order valence-corrected chi connectivity index (χ2v) is 12.3. The number of ether oxygens (including phenoxy) is 3. The van der Waals surface area contributed by atoms with E-state index in [1.165, 1.54) is 0 Å². The third kappa shape index (κ3) is 5.81. The van der Waals surface area contributed by atoms with Gasteiger partial charge in [0.05, 0.1) is 12.5 Å². The van der Waals surface area contributed by atoms with Gasteiger partial charge in [0.25, 0.3) is 0 Å². The summed E-state index contributed by atoms with van der Waals surface area (Å²) in [7, 11) is 1.65. The first-order valence-electron chi connectivity index (χ1n) is 13.4. The summed E-state index contributed by atoms with van der Waals surface area (Å²) in [6, 6.07) is 13.1. The topological polar surface area (TPSA) is 111 Å². The Labute approximate surface area is 230 Å². The Morgan fingerprint density at radius 3 is 2.46 bits per heavy atom. The predicted octanol–water partition coefficient (Wildman–Crippen LogP) is 4.90. The van der Waals surface area contributed by atoms with E-state index in [0.29, 0.717) is 19.3 Å². The Kier molecular flexibility index (Phi) is 7.56. The highest BCUT2D eigenvalue weighted by atomic mass is 16.8. The van der Waals surface area contributed by atoms with Gasteiger partial charge in [0.15, 0.2) is 6.10 Å². The number of esters is 1. The smallest absolute Gasteiger partial charge is 0.339 e. The zero-order chi connectivity index (χ0) is 28.8. The highest BCUT2D eigenvalue weighted by molar-refractivity contribution is 5.96. The summed E-state index contributed by atoms with van der Waals surface area (Å²) in [6.07, 6.45) is 0.688. The van der Waals surface area contributed by atoms with E-state index in [9.17, 15) is 19.5 Å². The summed E-state index contributed by atoms with van der Waals surface area (Å²) < 4.78 is 16.7. The van der Waals surface area contributed by atoms with Gasteiger partial charge >= 0.3 is 11.9 Å². The van der Waals surface area contributed by atoms with Crippen molar-refractivity contribution in [1.29, 1.82) is 0 Å². The fourth-order valence-corrected chi connectivity index (χ4v) is 5.64. The van der Waals surface area contributed by atoms with Crippen LogP contribution in [0.4, 0.5) is 0 Å². The van der Waals surface area contributed by atoms with Crippen LogP contribution in [0.25, 0.3) is 11.1 Å². The van der Waals surface area contributed by atoms with Crippen LogP contribution in [0.2, 0.25) is 0 Å². The average molecular weight is 538 g/mol. The molecule has 8 heteroatoms. The number of hydrogen-bond donors (Lipinski definition) is 2. The Hall–Kier alpha value is -3.39. The lowest BCUT2D eigenvalue weighted by Gasteiger charge is -2.31. The van der Waals surface area contributed by atoms with Crippen molar-refractivity contribution in [3.8, 4) is 16.9 Å². The number of nitrogens with one attached hydrogen (secondary N) is 1. The van der Waals surface area contributed by atoms with Crippen LogP contribution < -0.4 is 10.1 Å². The van der Waals surface area contributed by atoms with Crippen LogP contribution in [-0.4, -0.2) is 48.0 Å². The normalized spacial score (nSPS) is 24.5. The van der Waals surface area contributed by atoms with Crippen LogP contribution in [0.15, 0.2) is 42.5 Å². The molecule has 0 radical (unpaired) electrons. The lowest BCUT2D eigenvalue weighted by atomic mass is 9.85. The highest BCUT2D eigenvalue weighted by Crippen LogP contribution is 2.60. The van der Waals surface area contributed by atoms with Gasteiger partial charge in [-0.25, -0.2) is 9.59 Å². The van der Waals surface area contributed by atoms with E-state index in [2.05, 4.69) is 30.4 Å². The van der Waals surface area contributed by atoms with Gasteiger partial charge in [0.1, 0.15) is 11.8 Å². The molecule has 4 rings (SSSR count). The van der Waals surface area contributed by atoms with E-state index >= 15 is 0 Å². The summed E-state index contributed by atoms with van der Waals surface area (Å²) in [5.74, 6) is -2.68. The molecule has 0 spiro atoms. The molecule has 1 saturated heterocycles. The van der Waals surface area contributed by atoms with Gasteiger partial charge in [-0.1, -0.05) is 51.1 Å². The highest BCUT2D eigenvalue weighted by Gasteiger charge is 2.70. The first-order chi connectivity index (χ1) is 18.2. The number of benzene rings is 2. The van der Waals surface area contributed by atoms with Crippen molar-refractivity contribution < 1.29 is 33.7 Å². The quantitative estimate of drug-likeness (QED) is 0.438. The van der Waals surface area contributed by atoms with E-state index in [1.54, 1.807) is 41.7 Å². The van der Waals surface area contributed by atoms with E-state index in [0.717, 1.165) is 28.0 Å². The van der Waals surface area contributed by atoms with Crippen LogP contribution in [0.3, 0.4) is 0 Å². The number of hydrogen-bond acceptors (Lipinski definition) is 6. The lowest BCUT2D eigenvalue weighted by molar-refractivity contribution is -0.163. The summed E-state index contributed by atoms with van der Waals surface area (Å²) in [6.45, 7) is 10.6. The number of carbonyl (C=O) groups is 3. The molecule has 1 saturated carbocycles. The first kappa shape index (κ1) is 28.6. The maximum absolute atomic E-state index is 13.7. The molecule has 1 unspecified atom stereocenters. The second kappa shape index (κ2) is 10.3. The van der Waals surface area contributed by atoms with Gasteiger partial charge in [0, 0.05) is 13.8 Å². The Balaban J connectivity index is 1.53. The molecule has 1 aliphatic carbocycles. The number of rotatable bonds is 9. The predicted molar refractivity (Wildman–Crippen MR) is 146 cm³/mol. The zero-order valence-corrected chi connectivity index (χ0v) is 23.8. The van der Waals surface area contributed by atoms with Gasteiger partial charge in [0.2, 0.25) is 11.7 Å². The fraction of sp³-hybridized carbons (Fsp3) is 0.516. The van der Waals surface area contributed by atoms with Gasteiger partial charge < -0.3 is 24.6 Å². The van der Waals surface area contributed by atoms with Crippen molar-refractivity contribution in [2.75, 3.05) is 7.11 Å². The Morgan fingerprint density at radius 1 is 1.18 bits per heavy atom. The molecule has 2 aromatic carbocycles. The number of methoxy groups -OCH3 is 1. The van der Waals surface area contributed by atoms with Crippen LogP contribution >= 0.6 is 0 Å². The second-order valence-electron chi connectivity index (χ2n) is 12.3. The third-order valence-electron chi connectivity index (χ3n) is 7.85. The van der Waals surface area contributed by atoms with Crippen molar-refractivity contribution in [2.24, 2.45) is 16.7 Å². The summed E-state index contributed by atoms with van der Waals surface area (Å²) >= 11 is 0. The monoisotopic (exact) mass is 537 g/mol. The molecular formula is C31H39NO7. The fourth-order valence-electron chi connectivity index (χ4n) is 5.64. The van der Waals surface area contributed by atoms with Crippen molar-refractivity contribution >= 4 is 17.8 Å². The largest absolute Gasteiger partial charge is 0.497 e. The maximum atomic E-state index is 13.7. The molecule has 210 valence electrons. The lowest BCUT2D eigenvalue weighted by Crippen LogP contribution is -2.54. The minimum Gasteiger partial charge on any atom is -0.497 e. The van der Waals surface area contributed by atoms with Gasteiger partial charge in [-0.05, 0) is 71.9 Å². The van der Waals surface area contributed by atoms with Crippen molar-refractivity contribution in [1.82, 2.24) is 5.32 Å². The molecule has 0 aromatic heterocycles. The number of aliphatic carboxylic acids is 1. The third-order valence-corrected chi connectivity index (χ3v) is 7.85. The van der Waals surface area contributed by atoms with E-state index in [1.807, 2.05) is 24.3 Å². The molecule has 1 heterocycles. The Bertz CT molecular complexity index is 1280. The molecule has 8 nitrogen and oxygen atoms in total. The number of amides is 1. The number of cyclic esters (lactones) is 1. The van der Waals surface area contributed by atoms with Gasteiger partial charge in [-0.2, -0.15) is 0 Å². The van der Waals surface area contributed by atoms with Gasteiger partial charge in [-0.15, -0.1) is 0 Å². The first-order valence-corrected chi connectivity index (χ1v) is 13.4. The van der Waals surface area contributed by atoms with Crippen molar-refractivity contribution in [3.63, 3.8) is 0 Å².